The number of piperazine rings is 3. The molecule has 3 aliphatic heterocycles. The Kier molecular flexibility index (Phi) is 49.1. The maximum absolute atomic E-state index is 12.0. The molecule has 0 saturated carbocycles. The first-order valence-corrected chi connectivity index (χ1v) is 36.6. The van der Waals surface area contributed by atoms with Gasteiger partial charge in [0.15, 0.2) is 5.13 Å². The monoisotopic (exact) mass is 1700 g/mol. The maximum atomic E-state index is 12.0. The Morgan fingerprint density at radius 1 is 0.521 bits per heavy atom. The number of amides is 5. The van der Waals surface area contributed by atoms with Crippen LogP contribution in [0.5, 0.6) is 29.4 Å². The summed E-state index contributed by atoms with van der Waals surface area (Å²) in [6, 6.07) is 18.3. The van der Waals surface area contributed by atoms with E-state index in [0.717, 1.165) is 110 Å². The van der Waals surface area contributed by atoms with E-state index in [4.69, 9.17) is 61.6 Å². The number of esters is 1. The summed E-state index contributed by atoms with van der Waals surface area (Å²) >= 11 is 12.5. The minimum atomic E-state index is -0.639. The fourth-order valence-corrected chi connectivity index (χ4v) is 10.3. The van der Waals surface area contributed by atoms with E-state index in [1.165, 1.54) is 96.4 Å². The van der Waals surface area contributed by atoms with Crippen LogP contribution in [-0.2, 0) is 70.5 Å². The summed E-state index contributed by atoms with van der Waals surface area (Å²) in [7, 11) is 13.1. The van der Waals surface area contributed by atoms with Crippen molar-refractivity contribution in [2.45, 2.75) is 107 Å². The largest absolute Gasteiger partial charge is 1.00 e. The maximum Gasteiger partial charge on any atom is 1.00 e. The number of carbonyl (C=O) groups is 11. The zero-order valence-electron chi connectivity index (χ0n) is 69.0. The normalized spacial score (nSPS) is 12.6. The van der Waals surface area contributed by atoms with Gasteiger partial charge in [0.25, 0.3) is 0 Å². The molecule has 0 unspecified atom stereocenters. The predicted octanol–water partition coefficient (Wildman–Crippen LogP) is 5.37. The number of anilines is 4. The van der Waals surface area contributed by atoms with E-state index in [9.17, 15) is 52.7 Å². The Balaban J connectivity index is 0.000000701. The van der Waals surface area contributed by atoms with E-state index < -0.39 is 47.3 Å². The van der Waals surface area contributed by atoms with Crippen LogP contribution in [0.1, 0.15) is 130 Å². The number of ether oxygens (including phenoxy) is 8. The number of aromatic nitrogens is 6. The summed E-state index contributed by atoms with van der Waals surface area (Å²) in [6.45, 7) is 30.3. The van der Waals surface area contributed by atoms with Gasteiger partial charge in [-0.25, -0.2) is 48.7 Å². The summed E-state index contributed by atoms with van der Waals surface area (Å²) in [4.78, 5) is 161. The van der Waals surface area contributed by atoms with E-state index in [-0.39, 0.29) is 75.2 Å². The summed E-state index contributed by atoms with van der Waals surface area (Å²) in [6.07, 6.45) is 1.67. The molecule has 0 aliphatic carbocycles. The number of nitriles is 1. The first kappa shape index (κ1) is 104. The Morgan fingerprint density at radius 3 is 1.25 bits per heavy atom. The molecule has 38 nitrogen and oxygen atoms in total. The third kappa shape index (κ3) is 45.5. The van der Waals surface area contributed by atoms with Crippen molar-refractivity contribution in [1.82, 2.24) is 59.7 Å². The Labute approximate surface area is 716 Å². The number of nitrogens with one attached hydrogen (secondary N) is 4. The molecule has 3 fully saturated rings. The molecular weight excluding hydrogens is 1600 g/mol. The van der Waals surface area contributed by atoms with Crippen molar-refractivity contribution in [3.8, 4) is 35.5 Å². The molecule has 631 valence electrons. The SMILES string of the molecule is CC(=O)N1CCNCC1.CC(=O)OOC(C)=O.COC(=O)c1cc(Cl)nc(OC)c1.COc1cc(C=O)cc(Cl)n1.COc1cc(C=O)cc(NC(=O)OC(C)(C)C)n1.COc1cc(CN2CCN(C(C)=O)CC2)cc(NC(=O)OC(C)(C)C)n1.COc1cc(CN2CCN(C(C)=O)CC2)cc(Nc2ncc(C#N)s2)n1.[B-]OC(C)=O.[Na+]. The van der Waals surface area contributed by atoms with Crippen LogP contribution in [0.25, 0.3) is 0 Å². The second-order valence-electron chi connectivity index (χ2n) is 25.9. The number of thiazole rings is 1. The number of carbonyl (C=O) groups excluding carboxylic acids is 11. The van der Waals surface area contributed by atoms with Gasteiger partial charge >= 0.3 is 59.7 Å². The van der Waals surface area contributed by atoms with Gasteiger partial charge < -0.3 is 75.9 Å². The van der Waals surface area contributed by atoms with Crippen molar-refractivity contribution in [2.75, 3.05) is 137 Å². The summed E-state index contributed by atoms with van der Waals surface area (Å²) in [5, 5.41) is 21.4. The van der Waals surface area contributed by atoms with Crippen LogP contribution in [0.3, 0.4) is 0 Å². The molecule has 0 aromatic carbocycles. The minimum absolute atomic E-state index is 0. The van der Waals surface area contributed by atoms with Crippen LogP contribution in [0, 0.1) is 11.3 Å². The number of nitrogens with zero attached hydrogens (tertiary/aromatic N) is 12. The molecule has 3 aliphatic rings. The van der Waals surface area contributed by atoms with Crippen LogP contribution < -0.4 is 74.5 Å². The van der Waals surface area contributed by atoms with Gasteiger partial charge in [-0.05, 0) is 83.0 Å². The van der Waals surface area contributed by atoms with Crippen LogP contribution in [-0.4, -0.2) is 261 Å². The first-order chi connectivity index (χ1) is 54.7. The molecule has 4 N–H and O–H groups in total. The summed E-state index contributed by atoms with van der Waals surface area (Å²) in [5.74, 6) is 1.24. The Hall–Kier alpha value is -10.6. The fraction of sp³-hybridized carbons (Fsp3) is 0.459. The smallest absolute Gasteiger partial charge is 0.793 e. The van der Waals surface area contributed by atoms with E-state index in [2.05, 4.69) is 94.3 Å². The number of methoxy groups -OCH3 is 6. The van der Waals surface area contributed by atoms with Crippen LogP contribution in [0.15, 0.2) is 66.9 Å². The minimum Gasteiger partial charge on any atom is -0.793 e. The number of rotatable bonds is 16. The number of pyridine rings is 5. The Morgan fingerprint density at radius 2 is 0.889 bits per heavy atom. The topological polar surface area (TPSA) is 455 Å². The quantitative estimate of drug-likeness (QED) is 0.0180. The van der Waals surface area contributed by atoms with Crippen LogP contribution in [0.2, 0.25) is 10.3 Å². The van der Waals surface area contributed by atoms with E-state index in [1.807, 2.05) is 39.0 Å². The summed E-state index contributed by atoms with van der Waals surface area (Å²) in [5.41, 5.74) is 1.99. The van der Waals surface area contributed by atoms with Crippen LogP contribution >= 0.6 is 34.5 Å². The molecule has 117 heavy (non-hydrogen) atoms. The third-order valence-electron chi connectivity index (χ3n) is 14.4. The Bertz CT molecular complexity index is 4240. The molecule has 9 rings (SSSR count). The number of halogens is 2. The predicted molar refractivity (Wildman–Crippen MR) is 427 cm³/mol. The van der Waals surface area contributed by atoms with Gasteiger partial charge in [-0.1, -0.05) is 34.5 Å². The van der Waals surface area contributed by atoms with E-state index in [0.29, 0.717) is 75.1 Å². The van der Waals surface area contributed by atoms with Crippen molar-refractivity contribution in [2.24, 2.45) is 0 Å². The molecule has 6 aromatic rings. The number of hydrogen-bond donors (Lipinski definition) is 4. The second-order valence-corrected chi connectivity index (χ2v) is 27.8. The van der Waals surface area contributed by atoms with Crippen molar-refractivity contribution >= 4 is 132 Å². The average Bonchev–Trinajstić information content (AvgIpc) is 1.82. The molecule has 9 heterocycles. The molecule has 3 saturated heterocycles. The molecule has 43 heteroatoms. The van der Waals surface area contributed by atoms with E-state index in [1.54, 1.807) is 69.4 Å². The van der Waals surface area contributed by atoms with E-state index >= 15 is 0 Å². The zero-order valence-corrected chi connectivity index (χ0v) is 73.3. The van der Waals surface area contributed by atoms with Crippen molar-refractivity contribution in [3.05, 3.63) is 110 Å². The summed E-state index contributed by atoms with van der Waals surface area (Å²) < 4.78 is 43.5. The molecular formula is C74H99BCl2N16NaO22S. The molecule has 0 atom stereocenters. The van der Waals surface area contributed by atoms with Gasteiger partial charge in [-0.15, -0.1) is 0 Å². The standard InChI is InChI=1S/C18H28N4O4.C17H20N6O2S.C12H16N2O4.C8H8ClNO3.C7H6ClNO2.C6H12N2O.C4H6O4.C2H3BO2.Na/c1-13(23)22-8-6-21(7-9-22)12-14-10-15(19-16(11-14)25-5)20-17(24)26-18(2,3)4;1-12(24)23-5-3-22(4-6-23)11-13-7-15(20-16(8-13)25-2)21-17-19-10-14(9-18)26-17;1-12(2,3)18-11(16)14-9-5-8(7-15)6-10(13-9)17-4;1-12-7-4-5(8(11)13-2)3-6(9)10-7;1-11-7-3-5(4-10)2-6(8)9-7;1-6(9)8-4-2-7-3-5-8;1-3(5)7-8-4(2)6;1-2(4)5-3;/h10-11H,6-9,12H2,1-5H3,(H,19,20,24);7-8,10H,3-6,11H2,1-2H3,(H,19,20,21);5-7H,1-4H3,(H,13,14,16);3-4H,1-2H3;2-4H,1H3;7H,2-5H2,1H3;1-2H3;1H3;/q;;;;;;;-1;+1. The molecule has 6 aromatic heterocycles. The van der Waals surface area contributed by atoms with Crippen molar-refractivity contribution < 1.29 is 135 Å². The van der Waals surface area contributed by atoms with Gasteiger partial charge in [0.1, 0.15) is 62.5 Å². The zero-order chi connectivity index (χ0) is 87.3. The molecule has 3 radical (unpaired) electrons. The van der Waals surface area contributed by atoms with Gasteiger partial charge in [-0.2, -0.15) is 20.2 Å². The first-order valence-electron chi connectivity index (χ1n) is 35.1. The van der Waals surface area contributed by atoms with Gasteiger partial charge in [-0.3, -0.25) is 49.2 Å². The molecule has 0 spiro atoms. The van der Waals surface area contributed by atoms with Gasteiger partial charge in [0, 0.05) is 175 Å². The van der Waals surface area contributed by atoms with Crippen molar-refractivity contribution in [1.29, 1.82) is 5.26 Å². The van der Waals surface area contributed by atoms with Crippen LogP contribution in [0.4, 0.5) is 32.2 Å². The second kappa shape index (κ2) is 55.1. The number of hydrogen-bond acceptors (Lipinski definition) is 34. The third-order valence-corrected chi connectivity index (χ3v) is 15.6. The van der Waals surface area contributed by atoms with Gasteiger partial charge in [0.05, 0.1) is 54.4 Å². The average molecular weight is 1700 g/mol. The van der Waals surface area contributed by atoms with Gasteiger partial charge in [0.2, 0.25) is 53.1 Å². The fourth-order valence-electron chi connectivity index (χ4n) is 9.24. The molecule has 0 bridgehead atoms. The van der Waals surface area contributed by atoms with Crippen molar-refractivity contribution in [3.63, 3.8) is 0 Å². The molecule has 5 amide bonds. The number of aldehydes is 2.